The quantitative estimate of drug-likeness (QED) is 0.684. The van der Waals surface area contributed by atoms with Gasteiger partial charge in [-0.1, -0.05) is 12.1 Å². The average Bonchev–Trinajstić information content (AvgIpc) is 2.09. The van der Waals surface area contributed by atoms with E-state index in [0.29, 0.717) is 5.56 Å². The van der Waals surface area contributed by atoms with E-state index in [1.807, 2.05) is 0 Å². The van der Waals surface area contributed by atoms with Gasteiger partial charge < -0.3 is 10.8 Å². The number of phenolic OH excluding ortho intramolecular Hbond substituents is 1. The highest BCUT2D eigenvalue weighted by Gasteiger charge is 2.17. The molecule has 0 spiro atoms. The summed E-state index contributed by atoms with van der Waals surface area (Å²) in [6.45, 7) is 5.26. The van der Waals surface area contributed by atoms with Gasteiger partial charge in [0.2, 0.25) is 0 Å². The summed E-state index contributed by atoms with van der Waals surface area (Å²) in [5.74, 6) is -1.04. The van der Waals surface area contributed by atoms with E-state index in [1.54, 1.807) is 13.0 Å². The number of phenols is 1. The maximum absolute atomic E-state index is 12.9. The molecule has 0 bridgehead atoms. The van der Waals surface area contributed by atoms with Gasteiger partial charge in [-0.25, -0.2) is 4.39 Å². The molecule has 0 aliphatic rings. The second kappa shape index (κ2) is 3.18. The molecule has 1 rings (SSSR count). The van der Waals surface area contributed by atoms with Crippen molar-refractivity contribution in [3.63, 3.8) is 0 Å². The van der Waals surface area contributed by atoms with E-state index in [9.17, 15) is 4.39 Å². The summed E-state index contributed by atoms with van der Waals surface area (Å²) < 4.78 is 12.9. The number of halogens is 1. The first kappa shape index (κ1) is 9.74. The van der Waals surface area contributed by atoms with E-state index in [-0.39, 0.29) is 5.75 Å². The maximum atomic E-state index is 12.9. The van der Waals surface area contributed by atoms with E-state index >= 15 is 0 Å². The van der Waals surface area contributed by atoms with Crippen LogP contribution in [0.25, 0.3) is 0 Å². The van der Waals surface area contributed by atoms with Crippen LogP contribution in [0.15, 0.2) is 30.9 Å². The van der Waals surface area contributed by atoms with Gasteiger partial charge in [-0.2, -0.15) is 0 Å². The van der Waals surface area contributed by atoms with Crippen LogP contribution >= 0.6 is 0 Å². The minimum atomic E-state index is -0.769. The molecule has 0 saturated carbocycles. The lowest BCUT2D eigenvalue weighted by Crippen LogP contribution is -2.30. The van der Waals surface area contributed by atoms with Crippen LogP contribution in [-0.2, 0) is 5.54 Å². The van der Waals surface area contributed by atoms with E-state index < -0.39 is 11.4 Å². The van der Waals surface area contributed by atoms with Crippen molar-refractivity contribution in [2.75, 3.05) is 0 Å². The first-order chi connectivity index (χ1) is 5.97. The number of nitrogens with two attached hydrogens (primary N) is 1. The Morgan fingerprint density at radius 3 is 2.69 bits per heavy atom. The van der Waals surface area contributed by atoms with Crippen LogP contribution < -0.4 is 5.73 Å². The Morgan fingerprint density at radius 1 is 1.62 bits per heavy atom. The molecule has 0 aliphatic heterocycles. The third-order valence-corrected chi connectivity index (χ3v) is 1.99. The molecule has 0 fully saturated rings. The van der Waals surface area contributed by atoms with Gasteiger partial charge in [0.25, 0.3) is 0 Å². The summed E-state index contributed by atoms with van der Waals surface area (Å²) in [7, 11) is 0. The molecule has 0 radical (unpaired) electrons. The SMILES string of the molecule is C=C[C@@](C)(N)c1ccc(O)c(F)c1. The molecule has 1 atom stereocenters. The van der Waals surface area contributed by atoms with Gasteiger partial charge >= 0.3 is 0 Å². The fourth-order valence-electron chi connectivity index (χ4n) is 0.960. The smallest absolute Gasteiger partial charge is 0.165 e. The highest BCUT2D eigenvalue weighted by Crippen LogP contribution is 2.23. The zero-order valence-corrected chi connectivity index (χ0v) is 7.42. The van der Waals surface area contributed by atoms with Gasteiger partial charge in [0.05, 0.1) is 5.54 Å². The maximum Gasteiger partial charge on any atom is 0.165 e. The Bertz CT molecular complexity index is 334. The number of rotatable bonds is 2. The molecule has 0 unspecified atom stereocenters. The van der Waals surface area contributed by atoms with Gasteiger partial charge in [-0.3, -0.25) is 0 Å². The molecule has 3 N–H and O–H groups in total. The lowest BCUT2D eigenvalue weighted by atomic mass is 9.93. The van der Waals surface area contributed by atoms with Crippen molar-refractivity contribution in [3.05, 3.63) is 42.2 Å². The minimum absolute atomic E-state index is 0.372. The van der Waals surface area contributed by atoms with Crippen LogP contribution in [-0.4, -0.2) is 5.11 Å². The Hall–Kier alpha value is -1.35. The van der Waals surface area contributed by atoms with Gasteiger partial charge in [-0.15, -0.1) is 6.58 Å². The van der Waals surface area contributed by atoms with Gasteiger partial charge in [-0.05, 0) is 24.6 Å². The number of aromatic hydroxyl groups is 1. The normalized spacial score (nSPS) is 15.0. The predicted molar refractivity (Wildman–Crippen MR) is 49.8 cm³/mol. The van der Waals surface area contributed by atoms with E-state index in [2.05, 4.69) is 6.58 Å². The summed E-state index contributed by atoms with van der Waals surface area (Å²) in [6, 6.07) is 4.05. The number of benzene rings is 1. The number of hydrogen-bond acceptors (Lipinski definition) is 2. The zero-order chi connectivity index (χ0) is 10.1. The third-order valence-electron chi connectivity index (χ3n) is 1.99. The first-order valence-corrected chi connectivity index (χ1v) is 3.89. The van der Waals surface area contributed by atoms with Crippen molar-refractivity contribution in [3.8, 4) is 5.75 Å². The Morgan fingerprint density at radius 2 is 2.23 bits per heavy atom. The molecule has 2 nitrogen and oxygen atoms in total. The first-order valence-electron chi connectivity index (χ1n) is 3.89. The molecule has 0 saturated heterocycles. The minimum Gasteiger partial charge on any atom is -0.505 e. The molecule has 3 heteroatoms. The number of hydrogen-bond donors (Lipinski definition) is 2. The summed E-state index contributed by atoms with van der Waals surface area (Å²) in [6.07, 6.45) is 1.53. The third kappa shape index (κ3) is 1.87. The summed E-state index contributed by atoms with van der Waals surface area (Å²) >= 11 is 0. The molecule has 1 aromatic rings. The Labute approximate surface area is 76.5 Å². The van der Waals surface area contributed by atoms with E-state index in [4.69, 9.17) is 10.8 Å². The van der Waals surface area contributed by atoms with Crippen molar-refractivity contribution in [1.29, 1.82) is 0 Å². The Kier molecular flexibility index (Phi) is 2.38. The topological polar surface area (TPSA) is 46.2 Å². The highest BCUT2D eigenvalue weighted by atomic mass is 19.1. The molecular formula is C10H12FNO. The molecule has 13 heavy (non-hydrogen) atoms. The van der Waals surface area contributed by atoms with Crippen LogP contribution in [0.1, 0.15) is 12.5 Å². The molecule has 0 amide bonds. The van der Waals surface area contributed by atoms with Crippen LogP contribution in [0, 0.1) is 5.82 Å². The van der Waals surface area contributed by atoms with Crippen LogP contribution in [0.4, 0.5) is 4.39 Å². The van der Waals surface area contributed by atoms with Gasteiger partial charge in [0.15, 0.2) is 11.6 Å². The Balaban J connectivity index is 3.18. The van der Waals surface area contributed by atoms with Crippen molar-refractivity contribution >= 4 is 0 Å². The highest BCUT2D eigenvalue weighted by molar-refractivity contribution is 5.34. The van der Waals surface area contributed by atoms with Gasteiger partial charge in [0, 0.05) is 0 Å². The fourth-order valence-corrected chi connectivity index (χ4v) is 0.960. The molecule has 1 aromatic carbocycles. The van der Waals surface area contributed by atoms with Crippen molar-refractivity contribution < 1.29 is 9.50 Å². The van der Waals surface area contributed by atoms with E-state index in [0.717, 1.165) is 0 Å². The van der Waals surface area contributed by atoms with Crippen molar-refractivity contribution in [2.45, 2.75) is 12.5 Å². The van der Waals surface area contributed by atoms with Crippen LogP contribution in [0.2, 0.25) is 0 Å². The van der Waals surface area contributed by atoms with E-state index in [1.165, 1.54) is 18.2 Å². The summed E-state index contributed by atoms with van der Waals surface area (Å²) in [5.41, 5.74) is 5.60. The molecule has 0 aliphatic carbocycles. The fraction of sp³-hybridized carbons (Fsp3) is 0.200. The lowest BCUT2D eigenvalue weighted by Gasteiger charge is -2.20. The largest absolute Gasteiger partial charge is 0.505 e. The van der Waals surface area contributed by atoms with Gasteiger partial charge in [0.1, 0.15) is 0 Å². The van der Waals surface area contributed by atoms with Crippen LogP contribution in [0.3, 0.4) is 0 Å². The van der Waals surface area contributed by atoms with Crippen LogP contribution in [0.5, 0.6) is 5.75 Å². The monoisotopic (exact) mass is 181 g/mol. The average molecular weight is 181 g/mol. The standard InChI is InChI=1S/C10H12FNO/c1-3-10(2,12)7-4-5-9(13)8(11)6-7/h3-6,13H,1,12H2,2H3/t10-/m1/s1. The molecule has 0 heterocycles. The molecular weight excluding hydrogens is 169 g/mol. The second-order valence-corrected chi connectivity index (χ2v) is 3.15. The lowest BCUT2D eigenvalue weighted by molar-refractivity contribution is 0.430. The van der Waals surface area contributed by atoms with Crippen molar-refractivity contribution in [1.82, 2.24) is 0 Å². The summed E-state index contributed by atoms with van der Waals surface area (Å²) in [4.78, 5) is 0. The second-order valence-electron chi connectivity index (χ2n) is 3.15. The predicted octanol–water partition coefficient (Wildman–Crippen LogP) is 1.89. The summed E-state index contributed by atoms with van der Waals surface area (Å²) in [5, 5.41) is 8.94. The zero-order valence-electron chi connectivity index (χ0n) is 7.42. The molecule has 0 aromatic heterocycles. The molecule has 70 valence electrons. The van der Waals surface area contributed by atoms with Crippen molar-refractivity contribution in [2.24, 2.45) is 5.73 Å².